The first kappa shape index (κ1) is 14.5. The Hall–Kier alpha value is -1.44. The Morgan fingerprint density at radius 2 is 2.33 bits per heavy atom. The quantitative estimate of drug-likeness (QED) is 0.732. The average molecular weight is 370 g/mol. The van der Waals surface area contributed by atoms with Gasteiger partial charge in [-0.1, -0.05) is 6.92 Å². The minimum atomic E-state index is -0.345. The lowest BCUT2D eigenvalue weighted by atomic mass is 10.3. The first-order chi connectivity index (χ1) is 10.2. The van der Waals surface area contributed by atoms with Crippen LogP contribution >= 0.6 is 27.3 Å². The summed E-state index contributed by atoms with van der Waals surface area (Å²) in [6.07, 6.45) is 1.95. The van der Waals surface area contributed by atoms with E-state index in [9.17, 15) is 4.39 Å². The fourth-order valence-corrected chi connectivity index (χ4v) is 3.01. The van der Waals surface area contributed by atoms with Gasteiger partial charge in [0, 0.05) is 24.2 Å². The predicted octanol–water partition coefficient (Wildman–Crippen LogP) is 4.20. The third-order valence-corrected chi connectivity index (χ3v) is 4.38. The van der Waals surface area contributed by atoms with Gasteiger partial charge in [0.25, 0.3) is 0 Å². The van der Waals surface area contributed by atoms with E-state index in [1.54, 1.807) is 6.07 Å². The summed E-state index contributed by atoms with van der Waals surface area (Å²) in [7, 11) is 0. The lowest BCUT2D eigenvalue weighted by Gasteiger charge is -2.08. The number of fused-ring (bicyclic) bond motifs is 1. The molecule has 7 heteroatoms. The number of hydrogen-bond acceptors (Lipinski definition) is 4. The average Bonchev–Trinajstić information content (AvgIpc) is 3.02. The Morgan fingerprint density at radius 1 is 1.48 bits per heavy atom. The SMILES string of the molecule is CCNCc1c(Oc2cc(F)ccc2Br)nc2sccn12. The summed E-state index contributed by atoms with van der Waals surface area (Å²) in [5, 5.41) is 5.23. The number of benzene rings is 1. The fourth-order valence-electron chi connectivity index (χ4n) is 1.96. The first-order valence-corrected chi connectivity index (χ1v) is 8.14. The molecular formula is C14H13BrFN3OS. The molecule has 0 saturated carbocycles. The second-order valence-electron chi connectivity index (χ2n) is 4.38. The number of hydrogen-bond donors (Lipinski definition) is 1. The van der Waals surface area contributed by atoms with Crippen molar-refractivity contribution in [2.45, 2.75) is 13.5 Å². The number of nitrogens with one attached hydrogen (secondary N) is 1. The predicted molar refractivity (Wildman–Crippen MR) is 84.6 cm³/mol. The number of imidazole rings is 1. The lowest BCUT2D eigenvalue weighted by Crippen LogP contribution is -2.13. The topological polar surface area (TPSA) is 38.6 Å². The Balaban J connectivity index is 1.99. The standard InChI is InChI=1S/C14H13BrFN3OS/c1-2-17-8-11-13(18-14-19(11)5-6-21-14)20-12-7-9(16)3-4-10(12)15/h3-7,17H,2,8H2,1H3. The van der Waals surface area contributed by atoms with Gasteiger partial charge in [0.05, 0.1) is 4.47 Å². The van der Waals surface area contributed by atoms with Crippen LogP contribution in [0.3, 0.4) is 0 Å². The van der Waals surface area contributed by atoms with Crippen LogP contribution in [0.5, 0.6) is 11.6 Å². The molecule has 0 unspecified atom stereocenters. The zero-order chi connectivity index (χ0) is 14.8. The van der Waals surface area contributed by atoms with Crippen molar-refractivity contribution < 1.29 is 9.13 Å². The molecule has 0 radical (unpaired) electrons. The van der Waals surface area contributed by atoms with Crippen molar-refractivity contribution in [1.29, 1.82) is 0 Å². The maximum Gasteiger partial charge on any atom is 0.243 e. The maximum atomic E-state index is 13.4. The highest BCUT2D eigenvalue weighted by Crippen LogP contribution is 2.33. The number of rotatable bonds is 5. The van der Waals surface area contributed by atoms with Crippen LogP contribution in [0.2, 0.25) is 0 Å². The van der Waals surface area contributed by atoms with Crippen LogP contribution < -0.4 is 10.1 Å². The van der Waals surface area contributed by atoms with E-state index < -0.39 is 0 Å². The summed E-state index contributed by atoms with van der Waals surface area (Å²) in [5.41, 5.74) is 0.921. The van der Waals surface area contributed by atoms with Crippen LogP contribution in [-0.2, 0) is 6.54 Å². The van der Waals surface area contributed by atoms with E-state index in [1.807, 2.05) is 22.9 Å². The summed E-state index contributed by atoms with van der Waals surface area (Å²) < 4.78 is 21.8. The van der Waals surface area contributed by atoms with Crippen molar-refractivity contribution in [2.24, 2.45) is 0 Å². The number of thiazole rings is 1. The van der Waals surface area contributed by atoms with Crippen molar-refractivity contribution in [3.05, 3.63) is 45.8 Å². The molecule has 0 amide bonds. The van der Waals surface area contributed by atoms with Gasteiger partial charge in [-0.3, -0.25) is 4.40 Å². The summed E-state index contributed by atoms with van der Waals surface area (Å²) in [5.74, 6) is 0.565. The van der Waals surface area contributed by atoms with Crippen LogP contribution in [0.15, 0.2) is 34.2 Å². The smallest absolute Gasteiger partial charge is 0.243 e. The Labute approximate surface area is 133 Å². The second kappa shape index (κ2) is 6.13. The molecule has 3 aromatic rings. The van der Waals surface area contributed by atoms with Gasteiger partial charge in [-0.2, -0.15) is 4.98 Å². The van der Waals surface area contributed by atoms with Gasteiger partial charge in [-0.05, 0) is 34.6 Å². The zero-order valence-electron chi connectivity index (χ0n) is 11.3. The first-order valence-electron chi connectivity index (χ1n) is 6.47. The Bertz CT molecular complexity index is 771. The number of halogens is 2. The van der Waals surface area contributed by atoms with E-state index in [2.05, 4.69) is 26.2 Å². The monoisotopic (exact) mass is 369 g/mol. The van der Waals surface area contributed by atoms with Crippen LogP contribution in [0.25, 0.3) is 4.96 Å². The summed E-state index contributed by atoms with van der Waals surface area (Å²) in [4.78, 5) is 5.32. The van der Waals surface area contributed by atoms with Gasteiger partial charge in [0.15, 0.2) is 4.96 Å². The minimum absolute atomic E-state index is 0.345. The summed E-state index contributed by atoms with van der Waals surface area (Å²) in [6.45, 7) is 3.52. The Kier molecular flexibility index (Phi) is 4.23. The zero-order valence-corrected chi connectivity index (χ0v) is 13.7. The van der Waals surface area contributed by atoms with Crippen molar-refractivity contribution in [3.8, 4) is 11.6 Å². The molecule has 110 valence electrons. The fraction of sp³-hybridized carbons (Fsp3) is 0.214. The molecule has 0 bridgehead atoms. The number of nitrogens with zero attached hydrogens (tertiary/aromatic N) is 2. The summed E-state index contributed by atoms with van der Waals surface area (Å²) >= 11 is 4.89. The Morgan fingerprint density at radius 3 is 3.14 bits per heavy atom. The molecule has 2 heterocycles. The number of aromatic nitrogens is 2. The van der Waals surface area contributed by atoms with Gasteiger partial charge in [0.1, 0.15) is 17.3 Å². The molecule has 0 fully saturated rings. The molecule has 0 aliphatic rings. The van der Waals surface area contributed by atoms with E-state index in [4.69, 9.17) is 4.74 Å². The molecule has 4 nitrogen and oxygen atoms in total. The second-order valence-corrected chi connectivity index (χ2v) is 6.10. The maximum absolute atomic E-state index is 13.4. The minimum Gasteiger partial charge on any atom is -0.436 e. The van der Waals surface area contributed by atoms with Crippen molar-refractivity contribution in [1.82, 2.24) is 14.7 Å². The van der Waals surface area contributed by atoms with Gasteiger partial charge in [-0.15, -0.1) is 11.3 Å². The van der Waals surface area contributed by atoms with Gasteiger partial charge in [-0.25, -0.2) is 4.39 Å². The van der Waals surface area contributed by atoms with E-state index in [-0.39, 0.29) is 5.82 Å². The molecule has 0 saturated heterocycles. The molecule has 1 aromatic carbocycles. The third-order valence-electron chi connectivity index (χ3n) is 2.97. The molecule has 0 aliphatic heterocycles. The normalized spacial score (nSPS) is 11.2. The molecule has 2 aromatic heterocycles. The summed E-state index contributed by atoms with van der Waals surface area (Å²) in [6, 6.07) is 4.34. The van der Waals surface area contributed by atoms with Crippen LogP contribution in [0, 0.1) is 5.82 Å². The van der Waals surface area contributed by atoms with Crippen molar-refractivity contribution in [2.75, 3.05) is 6.54 Å². The highest BCUT2D eigenvalue weighted by atomic mass is 79.9. The van der Waals surface area contributed by atoms with Crippen LogP contribution in [-0.4, -0.2) is 15.9 Å². The molecule has 0 spiro atoms. The van der Waals surface area contributed by atoms with E-state index in [0.29, 0.717) is 22.6 Å². The van der Waals surface area contributed by atoms with Crippen molar-refractivity contribution in [3.63, 3.8) is 0 Å². The van der Waals surface area contributed by atoms with E-state index >= 15 is 0 Å². The van der Waals surface area contributed by atoms with E-state index in [0.717, 1.165) is 17.2 Å². The van der Waals surface area contributed by atoms with Gasteiger partial charge >= 0.3 is 0 Å². The van der Waals surface area contributed by atoms with E-state index in [1.165, 1.54) is 23.5 Å². The largest absolute Gasteiger partial charge is 0.436 e. The van der Waals surface area contributed by atoms with Gasteiger partial charge < -0.3 is 10.1 Å². The molecule has 0 atom stereocenters. The van der Waals surface area contributed by atoms with Crippen LogP contribution in [0.4, 0.5) is 4.39 Å². The highest BCUT2D eigenvalue weighted by molar-refractivity contribution is 9.10. The molecule has 1 N–H and O–H groups in total. The number of ether oxygens (including phenoxy) is 1. The third kappa shape index (κ3) is 2.95. The van der Waals surface area contributed by atoms with Crippen LogP contribution in [0.1, 0.15) is 12.6 Å². The molecule has 0 aliphatic carbocycles. The molecule has 21 heavy (non-hydrogen) atoms. The lowest BCUT2D eigenvalue weighted by molar-refractivity contribution is 0.449. The van der Waals surface area contributed by atoms with Gasteiger partial charge in [0.2, 0.25) is 5.88 Å². The molecule has 3 rings (SSSR count). The molecular weight excluding hydrogens is 357 g/mol. The van der Waals surface area contributed by atoms with Crippen molar-refractivity contribution >= 4 is 32.2 Å². The highest BCUT2D eigenvalue weighted by Gasteiger charge is 2.16.